The number of hydrogen-bond donors (Lipinski definition) is 1. The third-order valence-corrected chi connectivity index (χ3v) is 6.24. The molecule has 2 aromatic carbocycles. The van der Waals surface area contributed by atoms with E-state index >= 15 is 0 Å². The van der Waals surface area contributed by atoms with Gasteiger partial charge in [0.25, 0.3) is 0 Å². The molecule has 27 heavy (non-hydrogen) atoms. The molecule has 1 amide bonds. The summed E-state index contributed by atoms with van der Waals surface area (Å²) in [4.78, 5) is 15.4. The fourth-order valence-electron chi connectivity index (χ4n) is 4.82. The van der Waals surface area contributed by atoms with Gasteiger partial charge in [-0.05, 0) is 49.8 Å². The molecule has 2 aromatic rings. The summed E-state index contributed by atoms with van der Waals surface area (Å²) in [6.07, 6.45) is 5.59. The highest BCUT2D eigenvalue weighted by Crippen LogP contribution is 2.38. The van der Waals surface area contributed by atoms with Crippen LogP contribution in [0.3, 0.4) is 0 Å². The number of benzene rings is 2. The maximum Gasteiger partial charge on any atom is 0.221 e. The minimum absolute atomic E-state index is 0. The van der Waals surface area contributed by atoms with Crippen molar-refractivity contribution in [2.45, 2.75) is 50.2 Å². The fourth-order valence-corrected chi connectivity index (χ4v) is 4.82. The summed E-state index contributed by atoms with van der Waals surface area (Å²) in [6, 6.07) is 21.8. The van der Waals surface area contributed by atoms with E-state index in [1.165, 1.54) is 25.7 Å². The van der Waals surface area contributed by atoms with Gasteiger partial charge in [0, 0.05) is 18.5 Å². The van der Waals surface area contributed by atoms with Gasteiger partial charge in [0.15, 0.2) is 0 Å². The Bertz CT molecular complexity index is 683. The van der Waals surface area contributed by atoms with E-state index in [-0.39, 0.29) is 24.4 Å². The quantitative estimate of drug-likeness (QED) is 0.818. The second-order valence-electron chi connectivity index (χ2n) is 7.91. The number of amides is 1. The van der Waals surface area contributed by atoms with Crippen molar-refractivity contribution in [2.24, 2.45) is 5.92 Å². The lowest BCUT2D eigenvalue weighted by atomic mass is 9.88. The molecule has 2 heterocycles. The highest BCUT2D eigenvalue weighted by atomic mass is 35.5. The van der Waals surface area contributed by atoms with Crippen LogP contribution < -0.4 is 5.32 Å². The van der Waals surface area contributed by atoms with Gasteiger partial charge in [-0.2, -0.15) is 0 Å². The molecule has 4 heteroatoms. The van der Waals surface area contributed by atoms with Crippen molar-refractivity contribution >= 4 is 18.3 Å². The topological polar surface area (TPSA) is 32.3 Å². The van der Waals surface area contributed by atoms with E-state index in [4.69, 9.17) is 0 Å². The van der Waals surface area contributed by atoms with Gasteiger partial charge in [-0.25, -0.2) is 0 Å². The zero-order valence-corrected chi connectivity index (χ0v) is 16.7. The molecule has 3 nitrogen and oxygen atoms in total. The van der Waals surface area contributed by atoms with Gasteiger partial charge in [-0.15, -0.1) is 12.4 Å². The number of halogens is 1. The maximum absolute atomic E-state index is 12.9. The van der Waals surface area contributed by atoms with Crippen molar-refractivity contribution in [1.29, 1.82) is 0 Å². The lowest BCUT2D eigenvalue weighted by Crippen LogP contribution is -2.41. The summed E-state index contributed by atoms with van der Waals surface area (Å²) in [6.45, 7) is 0. The second-order valence-corrected chi connectivity index (χ2v) is 7.91. The number of rotatable bonds is 5. The first-order valence-corrected chi connectivity index (χ1v) is 9.82. The smallest absolute Gasteiger partial charge is 0.221 e. The van der Waals surface area contributed by atoms with Crippen molar-refractivity contribution in [3.63, 3.8) is 0 Å². The molecule has 0 saturated carbocycles. The first-order valence-electron chi connectivity index (χ1n) is 9.82. The van der Waals surface area contributed by atoms with E-state index in [2.05, 4.69) is 41.5 Å². The minimum atomic E-state index is -0.0760. The number of nitrogens with zero attached hydrogens (tertiary/aromatic N) is 1. The molecule has 2 saturated heterocycles. The highest BCUT2D eigenvalue weighted by Gasteiger charge is 2.38. The lowest BCUT2D eigenvalue weighted by Gasteiger charge is -2.36. The van der Waals surface area contributed by atoms with Crippen LogP contribution in [0.4, 0.5) is 0 Å². The Hall–Kier alpha value is -1.84. The molecular formula is C23H29ClN2O. The molecule has 2 fully saturated rings. The standard InChI is InChI=1S/C23H28N2O.ClH/c1-25-20-12-13-21(25)15-17(14-20)16-22(26)24-23(18-8-4-2-5-9-18)19-10-6-3-7-11-19;/h2-11,17,20-21,23H,12-16H2,1H3,(H,24,26);1H. The predicted octanol–water partition coefficient (Wildman–Crippen LogP) is 4.58. The number of piperidine rings is 1. The first-order chi connectivity index (χ1) is 12.7. The Kier molecular flexibility index (Phi) is 6.56. The summed E-state index contributed by atoms with van der Waals surface area (Å²) in [5, 5.41) is 3.31. The van der Waals surface area contributed by atoms with Gasteiger partial charge < -0.3 is 10.2 Å². The lowest BCUT2D eigenvalue weighted by molar-refractivity contribution is -0.123. The van der Waals surface area contributed by atoms with Gasteiger partial charge in [0.2, 0.25) is 5.91 Å². The molecule has 4 rings (SSSR count). The zero-order chi connectivity index (χ0) is 17.9. The summed E-state index contributed by atoms with van der Waals surface area (Å²) in [7, 11) is 2.25. The third kappa shape index (κ3) is 4.53. The van der Waals surface area contributed by atoms with Crippen LogP contribution in [-0.4, -0.2) is 29.9 Å². The van der Waals surface area contributed by atoms with Crippen molar-refractivity contribution in [3.05, 3.63) is 71.8 Å². The van der Waals surface area contributed by atoms with Crippen LogP contribution in [0.25, 0.3) is 0 Å². The molecule has 2 atom stereocenters. The van der Waals surface area contributed by atoms with Gasteiger partial charge >= 0.3 is 0 Å². The van der Waals surface area contributed by atoms with Crippen molar-refractivity contribution in [1.82, 2.24) is 10.2 Å². The molecule has 2 unspecified atom stereocenters. The SMILES string of the molecule is CN1C2CCC1CC(CC(=O)NC(c1ccccc1)c1ccccc1)C2.Cl. The highest BCUT2D eigenvalue weighted by molar-refractivity contribution is 5.85. The average molecular weight is 385 g/mol. The van der Waals surface area contributed by atoms with Crippen LogP contribution in [0.5, 0.6) is 0 Å². The molecule has 1 N–H and O–H groups in total. The molecule has 0 radical (unpaired) electrons. The van der Waals surface area contributed by atoms with Crippen LogP contribution in [0, 0.1) is 5.92 Å². The zero-order valence-electron chi connectivity index (χ0n) is 15.9. The summed E-state index contributed by atoms with van der Waals surface area (Å²) >= 11 is 0. The maximum atomic E-state index is 12.9. The average Bonchev–Trinajstić information content (AvgIpc) is 2.88. The van der Waals surface area contributed by atoms with Crippen molar-refractivity contribution in [2.75, 3.05) is 7.05 Å². The van der Waals surface area contributed by atoms with Crippen LogP contribution in [0.15, 0.2) is 60.7 Å². The Morgan fingerprint density at radius 2 is 1.44 bits per heavy atom. The number of carbonyl (C=O) groups is 1. The summed E-state index contributed by atoms with van der Waals surface area (Å²) < 4.78 is 0. The van der Waals surface area contributed by atoms with Crippen LogP contribution >= 0.6 is 12.4 Å². The van der Waals surface area contributed by atoms with Gasteiger partial charge in [0.1, 0.15) is 0 Å². The monoisotopic (exact) mass is 384 g/mol. The van der Waals surface area contributed by atoms with E-state index in [1.807, 2.05) is 36.4 Å². The third-order valence-electron chi connectivity index (χ3n) is 6.24. The number of hydrogen-bond acceptors (Lipinski definition) is 2. The van der Waals surface area contributed by atoms with Crippen LogP contribution in [-0.2, 0) is 4.79 Å². The normalized spacial score (nSPS) is 24.4. The molecule has 0 aromatic heterocycles. The van der Waals surface area contributed by atoms with E-state index in [9.17, 15) is 4.79 Å². The molecule has 0 spiro atoms. The second kappa shape index (κ2) is 8.90. The molecule has 0 aliphatic carbocycles. The molecule has 2 bridgehead atoms. The largest absolute Gasteiger partial charge is 0.345 e. The first kappa shape index (κ1) is 19.9. The molecule has 2 aliphatic heterocycles. The Labute approximate surface area is 168 Å². The van der Waals surface area contributed by atoms with Crippen LogP contribution in [0.2, 0.25) is 0 Å². The predicted molar refractivity (Wildman–Crippen MR) is 112 cm³/mol. The van der Waals surface area contributed by atoms with Gasteiger partial charge in [0.05, 0.1) is 6.04 Å². The Balaban J connectivity index is 0.00000210. The van der Waals surface area contributed by atoms with Crippen LogP contribution in [0.1, 0.15) is 49.3 Å². The van der Waals surface area contributed by atoms with E-state index in [0.29, 0.717) is 24.4 Å². The summed E-state index contributed by atoms with van der Waals surface area (Å²) in [5.41, 5.74) is 2.27. The van der Waals surface area contributed by atoms with E-state index in [1.54, 1.807) is 0 Å². The van der Waals surface area contributed by atoms with E-state index in [0.717, 1.165) is 11.1 Å². The Morgan fingerprint density at radius 1 is 0.963 bits per heavy atom. The fraction of sp³-hybridized carbons (Fsp3) is 0.435. The molecular weight excluding hydrogens is 356 g/mol. The summed E-state index contributed by atoms with van der Waals surface area (Å²) in [5.74, 6) is 0.701. The van der Waals surface area contributed by atoms with Gasteiger partial charge in [-0.1, -0.05) is 60.7 Å². The Morgan fingerprint density at radius 3 is 1.93 bits per heavy atom. The van der Waals surface area contributed by atoms with E-state index < -0.39 is 0 Å². The molecule has 144 valence electrons. The van der Waals surface area contributed by atoms with Crippen molar-refractivity contribution < 1.29 is 4.79 Å². The molecule has 2 aliphatic rings. The number of fused-ring (bicyclic) bond motifs is 2. The number of nitrogens with one attached hydrogen (secondary N) is 1. The van der Waals surface area contributed by atoms with Crippen molar-refractivity contribution in [3.8, 4) is 0 Å². The number of carbonyl (C=O) groups excluding carboxylic acids is 1. The van der Waals surface area contributed by atoms with Gasteiger partial charge in [-0.3, -0.25) is 4.79 Å². The minimum Gasteiger partial charge on any atom is -0.345 e.